The third kappa shape index (κ3) is 10.4. The SMILES string of the molecule is Cc1cc(COC(C)(C)C)cc(C)c1OC(=O)CCC(CCCO)(CCCO)CCCO. The molecule has 6 heteroatoms. The lowest BCUT2D eigenvalue weighted by molar-refractivity contribution is -0.135. The predicted molar refractivity (Wildman–Crippen MR) is 127 cm³/mol. The summed E-state index contributed by atoms with van der Waals surface area (Å²) in [7, 11) is 0. The number of benzene rings is 1. The lowest BCUT2D eigenvalue weighted by Crippen LogP contribution is -2.25. The minimum atomic E-state index is -0.281. The van der Waals surface area contributed by atoms with E-state index in [9.17, 15) is 20.1 Å². The van der Waals surface area contributed by atoms with E-state index in [0.717, 1.165) is 36.0 Å². The minimum Gasteiger partial charge on any atom is -0.426 e. The smallest absolute Gasteiger partial charge is 0.311 e. The van der Waals surface area contributed by atoms with Gasteiger partial charge in [-0.15, -0.1) is 0 Å². The number of hydrogen-bond donors (Lipinski definition) is 3. The first-order chi connectivity index (χ1) is 15.1. The van der Waals surface area contributed by atoms with Crippen LogP contribution in [0, 0.1) is 19.3 Å². The van der Waals surface area contributed by atoms with Crippen molar-refractivity contribution in [1.29, 1.82) is 0 Å². The van der Waals surface area contributed by atoms with E-state index in [4.69, 9.17) is 9.47 Å². The highest BCUT2D eigenvalue weighted by molar-refractivity contribution is 5.73. The summed E-state index contributed by atoms with van der Waals surface area (Å²) >= 11 is 0. The minimum absolute atomic E-state index is 0.0914. The van der Waals surface area contributed by atoms with E-state index in [1.165, 1.54) is 0 Å². The van der Waals surface area contributed by atoms with Gasteiger partial charge in [0, 0.05) is 26.2 Å². The summed E-state index contributed by atoms with van der Waals surface area (Å²) in [5, 5.41) is 28.0. The van der Waals surface area contributed by atoms with Gasteiger partial charge in [0.15, 0.2) is 0 Å². The highest BCUT2D eigenvalue weighted by Gasteiger charge is 2.30. The molecule has 0 saturated heterocycles. The van der Waals surface area contributed by atoms with Crippen LogP contribution < -0.4 is 4.74 Å². The summed E-state index contributed by atoms with van der Waals surface area (Å²) in [5.74, 6) is 0.317. The zero-order chi connectivity index (χ0) is 24.2. The Labute approximate surface area is 194 Å². The first-order valence-corrected chi connectivity index (χ1v) is 11.8. The topological polar surface area (TPSA) is 96.2 Å². The lowest BCUT2D eigenvalue weighted by Gasteiger charge is -2.34. The van der Waals surface area contributed by atoms with Crippen LogP contribution in [0.15, 0.2) is 12.1 Å². The van der Waals surface area contributed by atoms with Crippen LogP contribution in [0.5, 0.6) is 5.75 Å². The van der Waals surface area contributed by atoms with Crippen LogP contribution in [0.3, 0.4) is 0 Å². The standard InChI is InChI=1S/C26H44O6/c1-20-17-22(19-31-25(3,4)5)18-21(2)24(20)32-23(30)9-13-26(10-6-14-27,11-7-15-28)12-8-16-29/h17-18,27-29H,6-16,19H2,1-5H3. The molecule has 1 rings (SSSR count). The fourth-order valence-electron chi connectivity index (χ4n) is 4.23. The van der Waals surface area contributed by atoms with Gasteiger partial charge in [-0.05, 0) is 102 Å². The average Bonchev–Trinajstić information content (AvgIpc) is 2.73. The number of hydrogen-bond acceptors (Lipinski definition) is 6. The van der Waals surface area contributed by atoms with E-state index in [2.05, 4.69) is 0 Å². The zero-order valence-electron chi connectivity index (χ0n) is 20.7. The number of carbonyl (C=O) groups excluding carboxylic acids is 1. The van der Waals surface area contributed by atoms with Gasteiger partial charge >= 0.3 is 5.97 Å². The molecule has 0 aliphatic heterocycles. The number of rotatable bonds is 15. The lowest BCUT2D eigenvalue weighted by atomic mass is 9.72. The normalized spacial score (nSPS) is 12.2. The number of aliphatic hydroxyl groups excluding tert-OH is 3. The highest BCUT2D eigenvalue weighted by atomic mass is 16.5. The summed E-state index contributed by atoms with van der Waals surface area (Å²) in [5.41, 5.74) is 2.44. The van der Waals surface area contributed by atoms with Crippen LogP contribution in [-0.4, -0.2) is 46.7 Å². The monoisotopic (exact) mass is 452 g/mol. The Kier molecular flexibility index (Phi) is 12.4. The van der Waals surface area contributed by atoms with Crippen LogP contribution in [0.4, 0.5) is 0 Å². The molecule has 0 aliphatic rings. The van der Waals surface area contributed by atoms with Crippen molar-refractivity contribution in [2.45, 2.75) is 98.2 Å². The van der Waals surface area contributed by atoms with Crippen molar-refractivity contribution in [2.75, 3.05) is 19.8 Å². The Morgan fingerprint density at radius 2 is 1.31 bits per heavy atom. The van der Waals surface area contributed by atoms with Crippen LogP contribution in [0.25, 0.3) is 0 Å². The Morgan fingerprint density at radius 1 is 0.844 bits per heavy atom. The molecular formula is C26H44O6. The summed E-state index contributed by atoms with van der Waals surface area (Å²) in [4.78, 5) is 12.7. The van der Waals surface area contributed by atoms with E-state index >= 15 is 0 Å². The van der Waals surface area contributed by atoms with Crippen molar-refractivity contribution in [3.8, 4) is 5.75 Å². The van der Waals surface area contributed by atoms with Gasteiger partial charge in [0.2, 0.25) is 0 Å². The second-order valence-corrected chi connectivity index (χ2v) is 9.92. The number of carbonyl (C=O) groups is 1. The molecule has 184 valence electrons. The van der Waals surface area contributed by atoms with Crippen molar-refractivity contribution in [3.63, 3.8) is 0 Å². The molecule has 0 fully saturated rings. The Hall–Kier alpha value is -1.47. The van der Waals surface area contributed by atoms with Gasteiger partial charge in [-0.2, -0.15) is 0 Å². The number of aliphatic hydroxyl groups is 3. The maximum Gasteiger partial charge on any atom is 0.311 e. The van der Waals surface area contributed by atoms with E-state index in [-0.39, 0.29) is 43.2 Å². The number of aryl methyl sites for hydroxylation is 2. The van der Waals surface area contributed by atoms with Crippen molar-refractivity contribution < 1.29 is 29.6 Å². The third-order valence-corrected chi connectivity index (χ3v) is 5.86. The molecule has 32 heavy (non-hydrogen) atoms. The highest BCUT2D eigenvalue weighted by Crippen LogP contribution is 2.40. The predicted octanol–water partition coefficient (Wildman–Crippen LogP) is 4.61. The average molecular weight is 453 g/mol. The van der Waals surface area contributed by atoms with Crippen LogP contribution in [0.1, 0.15) is 88.8 Å². The maximum absolute atomic E-state index is 12.7. The number of ether oxygens (including phenoxy) is 2. The van der Waals surface area contributed by atoms with Crippen LogP contribution >= 0.6 is 0 Å². The van der Waals surface area contributed by atoms with Gasteiger partial charge < -0.3 is 24.8 Å². The fourth-order valence-corrected chi connectivity index (χ4v) is 4.23. The molecule has 0 aliphatic carbocycles. The first-order valence-electron chi connectivity index (χ1n) is 11.8. The van der Waals surface area contributed by atoms with E-state index in [1.54, 1.807) is 0 Å². The van der Waals surface area contributed by atoms with Crippen molar-refractivity contribution in [2.24, 2.45) is 5.41 Å². The van der Waals surface area contributed by atoms with Gasteiger partial charge in [0.1, 0.15) is 5.75 Å². The molecule has 0 spiro atoms. The van der Waals surface area contributed by atoms with Gasteiger partial charge in [0.05, 0.1) is 12.2 Å². The summed E-state index contributed by atoms with van der Waals surface area (Å²) in [6.45, 7) is 10.7. The molecule has 6 nitrogen and oxygen atoms in total. The summed E-state index contributed by atoms with van der Waals surface area (Å²) in [6.07, 6.45) is 5.08. The molecule has 0 bridgehead atoms. The quantitative estimate of drug-likeness (QED) is 0.266. The molecule has 0 unspecified atom stereocenters. The molecular weight excluding hydrogens is 408 g/mol. The molecule has 0 amide bonds. The van der Waals surface area contributed by atoms with Gasteiger partial charge in [-0.1, -0.05) is 12.1 Å². The second-order valence-electron chi connectivity index (χ2n) is 9.92. The van der Waals surface area contributed by atoms with E-state index < -0.39 is 0 Å². The van der Waals surface area contributed by atoms with Crippen LogP contribution in [0.2, 0.25) is 0 Å². The first kappa shape index (κ1) is 28.6. The summed E-state index contributed by atoms with van der Waals surface area (Å²) < 4.78 is 11.6. The van der Waals surface area contributed by atoms with Gasteiger partial charge in [-0.3, -0.25) is 4.79 Å². The summed E-state index contributed by atoms with van der Waals surface area (Å²) in [6, 6.07) is 3.99. The molecule has 0 aromatic heterocycles. The fraction of sp³-hybridized carbons (Fsp3) is 0.731. The van der Waals surface area contributed by atoms with Gasteiger partial charge in [-0.25, -0.2) is 0 Å². The van der Waals surface area contributed by atoms with Crippen molar-refractivity contribution in [3.05, 3.63) is 28.8 Å². The van der Waals surface area contributed by atoms with Gasteiger partial charge in [0.25, 0.3) is 0 Å². The molecule has 0 saturated carbocycles. The molecule has 3 N–H and O–H groups in total. The third-order valence-electron chi connectivity index (χ3n) is 5.86. The van der Waals surface area contributed by atoms with Crippen LogP contribution in [-0.2, 0) is 16.1 Å². The maximum atomic E-state index is 12.7. The zero-order valence-corrected chi connectivity index (χ0v) is 20.7. The number of esters is 1. The molecule has 1 aromatic rings. The van der Waals surface area contributed by atoms with E-state index in [0.29, 0.717) is 38.0 Å². The molecule has 0 atom stereocenters. The molecule has 1 aromatic carbocycles. The van der Waals surface area contributed by atoms with Crippen molar-refractivity contribution >= 4 is 5.97 Å². The largest absolute Gasteiger partial charge is 0.426 e. The molecule has 0 radical (unpaired) electrons. The van der Waals surface area contributed by atoms with E-state index in [1.807, 2.05) is 46.8 Å². The Balaban J connectivity index is 2.84. The second kappa shape index (κ2) is 13.9. The van der Waals surface area contributed by atoms with Crippen molar-refractivity contribution in [1.82, 2.24) is 0 Å². The molecule has 0 heterocycles. The Morgan fingerprint density at radius 3 is 1.72 bits per heavy atom. The Bertz CT molecular complexity index is 647.